The van der Waals surface area contributed by atoms with Crippen LogP contribution in [0.2, 0.25) is 0 Å². The Balaban J connectivity index is 1.67. The van der Waals surface area contributed by atoms with Gasteiger partial charge in [-0.15, -0.1) is 0 Å². The van der Waals surface area contributed by atoms with Gasteiger partial charge in [-0.25, -0.2) is 0 Å². The minimum absolute atomic E-state index is 0.0805. The van der Waals surface area contributed by atoms with Crippen LogP contribution in [0.4, 0.5) is 0 Å². The molecule has 0 aromatic heterocycles. The van der Waals surface area contributed by atoms with Gasteiger partial charge in [0.05, 0.1) is 6.61 Å². The molecule has 1 aliphatic heterocycles. The van der Waals surface area contributed by atoms with Gasteiger partial charge < -0.3 is 18.9 Å². The van der Waals surface area contributed by atoms with Crippen LogP contribution < -0.4 is 9.47 Å². The Labute approximate surface area is 149 Å². The SMILES string of the molecule is CCOCOc1ccc(C(C)(C)c2ccc(OC3CCO3)cc2)cc1. The van der Waals surface area contributed by atoms with Crippen LogP contribution in [0, 0.1) is 0 Å². The Bertz CT molecular complexity index is 657. The number of benzene rings is 2. The van der Waals surface area contributed by atoms with E-state index in [4.69, 9.17) is 18.9 Å². The Morgan fingerprint density at radius 2 is 1.52 bits per heavy atom. The lowest BCUT2D eigenvalue weighted by molar-refractivity contribution is -0.165. The lowest BCUT2D eigenvalue weighted by atomic mass is 9.78. The predicted molar refractivity (Wildman–Crippen MR) is 97.1 cm³/mol. The molecule has 1 aliphatic rings. The second kappa shape index (κ2) is 7.89. The lowest BCUT2D eigenvalue weighted by Gasteiger charge is -2.28. The van der Waals surface area contributed by atoms with Gasteiger partial charge >= 0.3 is 0 Å². The van der Waals surface area contributed by atoms with E-state index in [1.54, 1.807) is 0 Å². The van der Waals surface area contributed by atoms with Gasteiger partial charge in [-0.1, -0.05) is 38.1 Å². The fraction of sp³-hybridized carbons (Fsp3) is 0.429. The first-order chi connectivity index (χ1) is 12.1. The summed E-state index contributed by atoms with van der Waals surface area (Å²) in [7, 11) is 0. The molecule has 0 saturated carbocycles. The summed E-state index contributed by atoms with van der Waals surface area (Å²) in [6.45, 7) is 8.11. The number of hydrogen-bond acceptors (Lipinski definition) is 4. The van der Waals surface area contributed by atoms with Gasteiger partial charge in [-0.3, -0.25) is 0 Å². The van der Waals surface area contributed by atoms with Crippen molar-refractivity contribution < 1.29 is 18.9 Å². The molecule has 134 valence electrons. The van der Waals surface area contributed by atoms with Crippen molar-refractivity contribution in [3.63, 3.8) is 0 Å². The van der Waals surface area contributed by atoms with Crippen molar-refractivity contribution in [1.82, 2.24) is 0 Å². The van der Waals surface area contributed by atoms with Crippen molar-refractivity contribution in [2.45, 2.75) is 38.9 Å². The van der Waals surface area contributed by atoms with Crippen molar-refractivity contribution in [1.29, 1.82) is 0 Å². The summed E-state index contributed by atoms with van der Waals surface area (Å²) in [6, 6.07) is 16.4. The van der Waals surface area contributed by atoms with Crippen molar-refractivity contribution in [2.75, 3.05) is 20.0 Å². The standard InChI is InChI=1S/C21H26O4/c1-4-22-15-24-18-9-5-16(6-10-18)21(2,3)17-7-11-19(12-8-17)25-20-13-14-23-20/h5-12,20H,4,13-15H2,1-3H3. The van der Waals surface area contributed by atoms with Crippen LogP contribution in [0.15, 0.2) is 48.5 Å². The Kier molecular flexibility index (Phi) is 5.61. The van der Waals surface area contributed by atoms with Crippen LogP contribution in [0.5, 0.6) is 11.5 Å². The number of rotatable bonds is 8. The molecular weight excluding hydrogens is 316 g/mol. The molecule has 2 aromatic carbocycles. The van der Waals surface area contributed by atoms with E-state index in [0.29, 0.717) is 6.61 Å². The van der Waals surface area contributed by atoms with E-state index in [1.165, 1.54) is 11.1 Å². The molecule has 1 atom stereocenters. The van der Waals surface area contributed by atoms with Crippen molar-refractivity contribution >= 4 is 0 Å². The zero-order valence-corrected chi connectivity index (χ0v) is 15.2. The first-order valence-corrected chi connectivity index (χ1v) is 8.79. The fourth-order valence-corrected chi connectivity index (χ4v) is 2.74. The maximum atomic E-state index is 5.74. The van der Waals surface area contributed by atoms with Gasteiger partial charge in [0.25, 0.3) is 0 Å². The van der Waals surface area contributed by atoms with Gasteiger partial charge in [0.15, 0.2) is 6.79 Å². The minimum atomic E-state index is -0.107. The summed E-state index contributed by atoms with van der Waals surface area (Å²) < 4.78 is 21.8. The minimum Gasteiger partial charge on any atom is -0.468 e. The summed E-state index contributed by atoms with van der Waals surface area (Å²) >= 11 is 0. The third-order valence-corrected chi connectivity index (χ3v) is 4.59. The smallest absolute Gasteiger partial charge is 0.202 e. The first-order valence-electron chi connectivity index (χ1n) is 8.79. The van der Waals surface area contributed by atoms with Gasteiger partial charge in [0.2, 0.25) is 6.29 Å². The quantitative estimate of drug-likeness (QED) is 0.522. The normalized spacial score (nSPS) is 17.0. The van der Waals surface area contributed by atoms with Crippen LogP contribution in [-0.2, 0) is 14.9 Å². The summed E-state index contributed by atoms with van der Waals surface area (Å²) in [4.78, 5) is 0. The molecule has 1 fully saturated rings. The second-order valence-electron chi connectivity index (χ2n) is 6.64. The molecule has 1 saturated heterocycles. The summed E-state index contributed by atoms with van der Waals surface area (Å²) in [5.74, 6) is 1.67. The molecule has 4 heteroatoms. The van der Waals surface area contributed by atoms with E-state index in [2.05, 4.69) is 38.1 Å². The largest absolute Gasteiger partial charge is 0.468 e. The zero-order valence-electron chi connectivity index (χ0n) is 15.2. The highest BCUT2D eigenvalue weighted by molar-refractivity contribution is 5.41. The molecule has 1 heterocycles. The molecule has 3 rings (SSSR count). The monoisotopic (exact) mass is 342 g/mol. The molecule has 25 heavy (non-hydrogen) atoms. The first kappa shape index (κ1) is 17.8. The third kappa shape index (κ3) is 4.33. The Morgan fingerprint density at radius 1 is 0.960 bits per heavy atom. The second-order valence-corrected chi connectivity index (χ2v) is 6.64. The summed E-state index contributed by atoms with van der Waals surface area (Å²) in [5, 5.41) is 0. The molecular formula is C21H26O4. The molecule has 0 spiro atoms. The number of hydrogen-bond donors (Lipinski definition) is 0. The van der Waals surface area contributed by atoms with Crippen LogP contribution in [0.1, 0.15) is 38.3 Å². The van der Waals surface area contributed by atoms with Crippen LogP contribution in [0.25, 0.3) is 0 Å². The molecule has 0 radical (unpaired) electrons. The highest BCUT2D eigenvalue weighted by Crippen LogP contribution is 2.33. The lowest BCUT2D eigenvalue weighted by Crippen LogP contribution is -2.32. The molecule has 0 bridgehead atoms. The molecule has 1 unspecified atom stereocenters. The van der Waals surface area contributed by atoms with Crippen LogP contribution in [-0.4, -0.2) is 26.3 Å². The topological polar surface area (TPSA) is 36.9 Å². The van der Waals surface area contributed by atoms with Gasteiger partial charge in [0.1, 0.15) is 11.5 Å². The van der Waals surface area contributed by atoms with Gasteiger partial charge in [-0.05, 0) is 42.3 Å². The van der Waals surface area contributed by atoms with Crippen molar-refractivity contribution in [2.24, 2.45) is 0 Å². The molecule has 2 aromatic rings. The average Bonchev–Trinajstić information content (AvgIpc) is 2.59. The molecule has 0 amide bonds. The van der Waals surface area contributed by atoms with Crippen molar-refractivity contribution in [3.8, 4) is 11.5 Å². The maximum Gasteiger partial charge on any atom is 0.202 e. The summed E-state index contributed by atoms with van der Waals surface area (Å²) in [6.07, 6.45) is 0.883. The number of ether oxygens (including phenoxy) is 4. The van der Waals surface area contributed by atoms with Gasteiger partial charge in [0, 0.05) is 18.4 Å². The molecule has 0 N–H and O–H groups in total. The van der Waals surface area contributed by atoms with E-state index in [1.807, 2.05) is 31.2 Å². The van der Waals surface area contributed by atoms with Gasteiger partial charge in [-0.2, -0.15) is 0 Å². The van der Waals surface area contributed by atoms with E-state index in [9.17, 15) is 0 Å². The molecule has 4 nitrogen and oxygen atoms in total. The van der Waals surface area contributed by atoms with E-state index < -0.39 is 0 Å². The average molecular weight is 342 g/mol. The van der Waals surface area contributed by atoms with E-state index in [0.717, 1.165) is 24.5 Å². The highest BCUT2D eigenvalue weighted by atomic mass is 16.7. The fourth-order valence-electron chi connectivity index (χ4n) is 2.74. The zero-order chi connectivity index (χ0) is 17.7. The summed E-state index contributed by atoms with van der Waals surface area (Å²) in [5.41, 5.74) is 2.36. The van der Waals surface area contributed by atoms with Crippen LogP contribution in [0.3, 0.4) is 0 Å². The molecule has 0 aliphatic carbocycles. The van der Waals surface area contributed by atoms with E-state index >= 15 is 0 Å². The maximum absolute atomic E-state index is 5.74. The Morgan fingerprint density at radius 3 is 2.00 bits per heavy atom. The van der Waals surface area contributed by atoms with Crippen LogP contribution >= 0.6 is 0 Å². The third-order valence-electron chi connectivity index (χ3n) is 4.59. The van der Waals surface area contributed by atoms with E-state index in [-0.39, 0.29) is 18.5 Å². The highest BCUT2D eigenvalue weighted by Gasteiger charge is 2.24. The van der Waals surface area contributed by atoms with Crippen molar-refractivity contribution in [3.05, 3.63) is 59.7 Å². The predicted octanol–water partition coefficient (Wildman–Crippen LogP) is 4.51. The Hall–Kier alpha value is -2.04.